The zero-order valence-corrected chi connectivity index (χ0v) is 5.35. The van der Waals surface area contributed by atoms with E-state index in [4.69, 9.17) is 5.73 Å². The first-order chi connectivity index (χ1) is 3.64. The third-order valence-electron chi connectivity index (χ3n) is 0.441. The minimum atomic E-state index is -0.407. The Balaban J connectivity index is 0. The number of primary amides is 1. The summed E-state index contributed by atoms with van der Waals surface area (Å²) in [6.07, 6.45) is 0. The fourth-order valence-corrected chi connectivity index (χ4v) is 0. The summed E-state index contributed by atoms with van der Waals surface area (Å²) in [6, 6.07) is -0.407. The Morgan fingerprint density at radius 3 is 1.62 bits per heavy atom. The van der Waals surface area contributed by atoms with Crippen molar-refractivity contribution in [3.05, 3.63) is 13.2 Å². The average Bonchev–Trinajstić information content (AvgIpc) is 1.72. The fourth-order valence-electron chi connectivity index (χ4n) is 0. The summed E-state index contributed by atoms with van der Waals surface area (Å²) in [5.74, 6) is 0. The van der Waals surface area contributed by atoms with Crippen molar-refractivity contribution in [2.45, 2.75) is 0 Å². The van der Waals surface area contributed by atoms with Crippen LogP contribution in [0.25, 0.3) is 0 Å². The molecule has 0 fully saturated rings. The van der Waals surface area contributed by atoms with Crippen LogP contribution in [0.4, 0.5) is 4.79 Å². The van der Waals surface area contributed by atoms with Gasteiger partial charge in [-0.05, 0) is 0 Å². The maximum Gasteiger partial charge on any atom is 0.314 e. The summed E-state index contributed by atoms with van der Waals surface area (Å²) < 4.78 is 0. The number of carbonyl (C=O) groups excluding carboxylic acids is 1. The lowest BCUT2D eigenvalue weighted by atomic mass is 10.9. The normalized spacial score (nSPS) is 6.25. The molecule has 0 aromatic heterocycles. The number of hydrogen-bond donors (Lipinski definition) is 1. The molecule has 0 unspecified atom stereocenters. The molecule has 0 atom stereocenters. The van der Waals surface area contributed by atoms with Gasteiger partial charge in [-0.1, -0.05) is 0 Å². The predicted octanol–water partition coefficient (Wildman–Crippen LogP) is 0.429. The van der Waals surface area contributed by atoms with Gasteiger partial charge in [-0.2, -0.15) is 0 Å². The molecule has 0 radical (unpaired) electrons. The highest BCUT2D eigenvalue weighted by atomic mass is 16.2. The van der Waals surface area contributed by atoms with Crippen LogP contribution < -0.4 is 5.73 Å². The second kappa shape index (κ2) is 6.01. The smallest absolute Gasteiger partial charge is 0.314 e. The van der Waals surface area contributed by atoms with Gasteiger partial charge in [0, 0.05) is 14.1 Å². The van der Waals surface area contributed by atoms with Crippen LogP contribution in [0.1, 0.15) is 0 Å². The monoisotopic (exact) mass is 116 g/mol. The Morgan fingerprint density at radius 1 is 1.50 bits per heavy atom. The van der Waals surface area contributed by atoms with E-state index in [1.165, 1.54) is 4.90 Å². The summed E-state index contributed by atoms with van der Waals surface area (Å²) in [7, 11) is 3.20. The molecule has 0 aliphatic heterocycles. The van der Waals surface area contributed by atoms with Crippen LogP contribution in [-0.2, 0) is 0 Å². The van der Waals surface area contributed by atoms with E-state index < -0.39 is 6.03 Å². The molecular formula is C5H12N2O. The first-order valence-electron chi connectivity index (χ1n) is 2.11. The van der Waals surface area contributed by atoms with Crippen LogP contribution in [0.2, 0.25) is 0 Å². The molecular weight excluding hydrogens is 104 g/mol. The predicted molar refractivity (Wildman–Crippen MR) is 34.5 cm³/mol. The van der Waals surface area contributed by atoms with Gasteiger partial charge < -0.3 is 10.6 Å². The summed E-state index contributed by atoms with van der Waals surface area (Å²) in [5.41, 5.74) is 4.72. The van der Waals surface area contributed by atoms with E-state index >= 15 is 0 Å². The van der Waals surface area contributed by atoms with Gasteiger partial charge in [0.05, 0.1) is 0 Å². The van der Waals surface area contributed by atoms with Gasteiger partial charge >= 0.3 is 6.03 Å². The first-order valence-corrected chi connectivity index (χ1v) is 2.11. The third-order valence-corrected chi connectivity index (χ3v) is 0.441. The van der Waals surface area contributed by atoms with Crippen molar-refractivity contribution in [1.29, 1.82) is 0 Å². The number of hydrogen-bond acceptors (Lipinski definition) is 1. The van der Waals surface area contributed by atoms with Crippen LogP contribution in [-0.4, -0.2) is 25.0 Å². The second-order valence-electron chi connectivity index (χ2n) is 1.23. The van der Waals surface area contributed by atoms with Gasteiger partial charge in [0.25, 0.3) is 0 Å². The zero-order valence-electron chi connectivity index (χ0n) is 5.35. The maximum absolute atomic E-state index is 9.85. The van der Waals surface area contributed by atoms with Crippen LogP contribution in [0.3, 0.4) is 0 Å². The number of carbonyl (C=O) groups is 1. The molecule has 3 nitrogen and oxygen atoms in total. The Bertz CT molecular complexity index is 70.8. The first kappa shape index (κ1) is 10.1. The van der Waals surface area contributed by atoms with Gasteiger partial charge in [0.2, 0.25) is 0 Å². The molecule has 0 aliphatic rings. The van der Waals surface area contributed by atoms with Crippen molar-refractivity contribution in [2.75, 3.05) is 14.1 Å². The standard InChI is InChI=1S/C3H8N2O.C2H4/c1-5(2)3(4)6;1-2/h1-2H3,(H2,4,6);1-2H2. The van der Waals surface area contributed by atoms with Gasteiger partial charge in [0.1, 0.15) is 0 Å². The number of urea groups is 1. The Hall–Kier alpha value is -0.990. The number of nitrogens with two attached hydrogens (primary N) is 1. The molecule has 0 aromatic rings. The lowest BCUT2D eigenvalue weighted by molar-refractivity contribution is 0.227. The van der Waals surface area contributed by atoms with Gasteiger partial charge in [-0.25, -0.2) is 4.79 Å². The SMILES string of the molecule is C=C.CN(C)C(N)=O. The topological polar surface area (TPSA) is 46.3 Å². The van der Waals surface area contributed by atoms with Crippen LogP contribution in [0, 0.1) is 0 Å². The average molecular weight is 116 g/mol. The van der Waals surface area contributed by atoms with E-state index in [2.05, 4.69) is 13.2 Å². The van der Waals surface area contributed by atoms with E-state index in [9.17, 15) is 4.79 Å². The molecule has 3 heteroatoms. The number of amides is 2. The van der Waals surface area contributed by atoms with Crippen molar-refractivity contribution in [1.82, 2.24) is 4.90 Å². The molecule has 0 heterocycles. The Morgan fingerprint density at radius 2 is 1.62 bits per heavy atom. The molecule has 0 aliphatic carbocycles. The van der Waals surface area contributed by atoms with Gasteiger partial charge in [-0.15, -0.1) is 13.2 Å². The van der Waals surface area contributed by atoms with E-state index in [0.29, 0.717) is 0 Å². The van der Waals surface area contributed by atoms with Crippen molar-refractivity contribution in [2.24, 2.45) is 5.73 Å². The minimum absolute atomic E-state index is 0.407. The largest absolute Gasteiger partial charge is 0.352 e. The van der Waals surface area contributed by atoms with Gasteiger partial charge in [-0.3, -0.25) is 0 Å². The van der Waals surface area contributed by atoms with E-state index in [-0.39, 0.29) is 0 Å². The summed E-state index contributed by atoms with van der Waals surface area (Å²) >= 11 is 0. The molecule has 48 valence electrons. The number of nitrogens with zero attached hydrogens (tertiary/aromatic N) is 1. The summed E-state index contributed by atoms with van der Waals surface area (Å²) in [5, 5.41) is 0. The molecule has 2 amide bonds. The van der Waals surface area contributed by atoms with E-state index in [1.807, 2.05) is 0 Å². The molecule has 0 rings (SSSR count). The van der Waals surface area contributed by atoms with Crippen LogP contribution in [0.15, 0.2) is 13.2 Å². The van der Waals surface area contributed by atoms with Crippen molar-refractivity contribution < 1.29 is 4.79 Å². The molecule has 0 aromatic carbocycles. The quantitative estimate of drug-likeness (QED) is 0.458. The third kappa shape index (κ3) is 8.89. The van der Waals surface area contributed by atoms with Crippen molar-refractivity contribution >= 4 is 6.03 Å². The molecule has 0 saturated carbocycles. The maximum atomic E-state index is 9.85. The van der Waals surface area contributed by atoms with E-state index in [1.54, 1.807) is 14.1 Å². The molecule has 0 bridgehead atoms. The highest BCUT2D eigenvalue weighted by molar-refractivity contribution is 5.71. The summed E-state index contributed by atoms with van der Waals surface area (Å²) in [6.45, 7) is 6.00. The lowest BCUT2D eigenvalue weighted by Gasteiger charge is -2.01. The second-order valence-corrected chi connectivity index (χ2v) is 1.23. The van der Waals surface area contributed by atoms with Crippen molar-refractivity contribution in [3.63, 3.8) is 0 Å². The summed E-state index contributed by atoms with van der Waals surface area (Å²) in [4.78, 5) is 11.2. The minimum Gasteiger partial charge on any atom is -0.352 e. The van der Waals surface area contributed by atoms with Crippen molar-refractivity contribution in [3.8, 4) is 0 Å². The lowest BCUT2D eigenvalue weighted by Crippen LogP contribution is -2.27. The zero-order chi connectivity index (χ0) is 7.15. The Kier molecular flexibility index (Phi) is 7.58. The van der Waals surface area contributed by atoms with Gasteiger partial charge in [0.15, 0.2) is 0 Å². The Labute approximate surface area is 49.8 Å². The fraction of sp³-hybridized carbons (Fsp3) is 0.400. The highest BCUT2D eigenvalue weighted by Crippen LogP contribution is 1.65. The highest BCUT2D eigenvalue weighted by Gasteiger charge is 1.88. The molecule has 0 saturated heterocycles. The van der Waals surface area contributed by atoms with Crippen LogP contribution in [0.5, 0.6) is 0 Å². The molecule has 2 N–H and O–H groups in total. The number of rotatable bonds is 0. The van der Waals surface area contributed by atoms with E-state index in [0.717, 1.165) is 0 Å². The molecule has 8 heavy (non-hydrogen) atoms. The van der Waals surface area contributed by atoms with Crippen LogP contribution >= 0.6 is 0 Å². The molecule has 0 spiro atoms.